The van der Waals surface area contributed by atoms with Crippen LogP contribution in [0.3, 0.4) is 0 Å². The van der Waals surface area contributed by atoms with Crippen molar-refractivity contribution in [2.75, 3.05) is 19.1 Å². The summed E-state index contributed by atoms with van der Waals surface area (Å²) >= 11 is 0. The van der Waals surface area contributed by atoms with Crippen LogP contribution in [0.5, 0.6) is 0 Å². The number of esters is 2. The number of allylic oxidation sites excluding steroid dienone is 1. The summed E-state index contributed by atoms with van der Waals surface area (Å²) in [5.41, 5.74) is -3.83. The van der Waals surface area contributed by atoms with E-state index in [2.05, 4.69) is 0 Å². The van der Waals surface area contributed by atoms with E-state index in [-0.39, 0.29) is 17.7 Å². The summed E-state index contributed by atoms with van der Waals surface area (Å²) in [4.78, 5) is 26.3. The molecular formula is C25H18F7N3O5. The predicted molar refractivity (Wildman–Crippen MR) is 122 cm³/mol. The first-order valence-corrected chi connectivity index (χ1v) is 10.9. The first-order chi connectivity index (χ1) is 18.6. The highest BCUT2D eigenvalue weighted by molar-refractivity contribution is 6.06. The number of aliphatic hydroxyl groups is 1. The maximum atomic E-state index is 15.4. The molecule has 0 radical (unpaired) electrons. The molecule has 1 heterocycles. The molecule has 1 unspecified atom stereocenters. The van der Waals surface area contributed by atoms with Crippen LogP contribution >= 0.6 is 0 Å². The van der Waals surface area contributed by atoms with Gasteiger partial charge in [-0.15, -0.1) is 0 Å². The first-order valence-electron chi connectivity index (χ1n) is 10.9. The molecule has 2 aromatic rings. The summed E-state index contributed by atoms with van der Waals surface area (Å²) in [6, 6.07) is 9.53. The van der Waals surface area contributed by atoms with Gasteiger partial charge in [-0.05, 0) is 17.7 Å². The molecule has 0 saturated heterocycles. The maximum Gasteiger partial charge on any atom is 0.430 e. The van der Waals surface area contributed by atoms with Gasteiger partial charge in [-0.1, -0.05) is 36.4 Å². The Morgan fingerprint density at radius 2 is 1.52 bits per heavy atom. The predicted octanol–water partition coefficient (Wildman–Crippen LogP) is 4.04. The van der Waals surface area contributed by atoms with E-state index in [4.69, 9.17) is 15.2 Å². The van der Waals surface area contributed by atoms with Gasteiger partial charge in [0.05, 0.1) is 43.0 Å². The zero-order chi connectivity index (χ0) is 30.2. The molecule has 40 heavy (non-hydrogen) atoms. The van der Waals surface area contributed by atoms with Crippen LogP contribution in [-0.2, 0) is 24.7 Å². The number of methoxy groups -OCH3 is 2. The Balaban J connectivity index is 2.40. The van der Waals surface area contributed by atoms with Crippen molar-refractivity contribution >= 4 is 17.6 Å². The van der Waals surface area contributed by atoms with E-state index in [1.54, 1.807) is 12.1 Å². The summed E-state index contributed by atoms with van der Waals surface area (Å²) in [5, 5.41) is 19.6. The van der Waals surface area contributed by atoms with Gasteiger partial charge in [0, 0.05) is 5.56 Å². The highest BCUT2D eigenvalue weighted by Gasteiger charge is 2.71. The van der Waals surface area contributed by atoms with Crippen molar-refractivity contribution in [3.8, 4) is 6.07 Å². The number of nitriles is 1. The fourth-order valence-corrected chi connectivity index (χ4v) is 4.16. The van der Waals surface area contributed by atoms with Gasteiger partial charge >= 0.3 is 24.3 Å². The van der Waals surface area contributed by atoms with E-state index < -0.39 is 75.5 Å². The van der Waals surface area contributed by atoms with Crippen molar-refractivity contribution in [1.29, 1.82) is 5.26 Å². The van der Waals surface area contributed by atoms with Gasteiger partial charge in [0.2, 0.25) is 0 Å². The first kappa shape index (κ1) is 30.0. The van der Waals surface area contributed by atoms with E-state index >= 15 is 4.39 Å². The molecule has 15 heteroatoms. The van der Waals surface area contributed by atoms with Crippen LogP contribution in [0.25, 0.3) is 0 Å². The lowest BCUT2D eigenvalue weighted by atomic mass is 9.81. The Kier molecular flexibility index (Phi) is 7.89. The number of carbonyl (C=O) groups is 2. The van der Waals surface area contributed by atoms with Crippen LogP contribution < -0.4 is 10.6 Å². The van der Waals surface area contributed by atoms with Crippen molar-refractivity contribution in [1.82, 2.24) is 0 Å². The number of nitrogens with zero attached hydrogens (tertiary/aromatic N) is 2. The molecule has 1 aliphatic heterocycles. The van der Waals surface area contributed by atoms with Crippen LogP contribution in [0.2, 0.25) is 0 Å². The number of nitrogens with two attached hydrogens (primary N) is 1. The number of alkyl halides is 6. The number of benzene rings is 2. The number of hydrogen-bond acceptors (Lipinski definition) is 8. The van der Waals surface area contributed by atoms with E-state index in [0.29, 0.717) is 11.0 Å². The molecule has 212 valence electrons. The molecule has 0 saturated carbocycles. The normalized spacial score (nSPS) is 16.5. The van der Waals surface area contributed by atoms with Crippen molar-refractivity contribution in [2.45, 2.75) is 23.9 Å². The Hall–Kier alpha value is -4.58. The fourth-order valence-electron chi connectivity index (χ4n) is 4.16. The van der Waals surface area contributed by atoms with Gasteiger partial charge in [0.15, 0.2) is 0 Å². The van der Waals surface area contributed by atoms with E-state index in [9.17, 15) is 46.3 Å². The third-order valence-corrected chi connectivity index (χ3v) is 6.04. The molecule has 0 bridgehead atoms. The van der Waals surface area contributed by atoms with Crippen LogP contribution in [-0.4, -0.2) is 43.6 Å². The SMILES string of the molecule is COC(=O)C1=C(C(=O)OC)N(c2ccc(C(O)(C(F)(F)F)C(F)(F)F)cc2F)C(N)=C(C#N)C1c1ccccc1. The van der Waals surface area contributed by atoms with Gasteiger partial charge in [0.1, 0.15) is 17.3 Å². The smallest absolute Gasteiger partial charge is 0.430 e. The van der Waals surface area contributed by atoms with Gasteiger partial charge in [-0.25, -0.2) is 14.0 Å². The molecule has 1 atom stereocenters. The van der Waals surface area contributed by atoms with Crippen LogP contribution in [0.15, 0.2) is 71.2 Å². The summed E-state index contributed by atoms with van der Waals surface area (Å²) in [6.45, 7) is 0. The molecule has 0 amide bonds. The quantitative estimate of drug-likeness (QED) is 0.406. The second kappa shape index (κ2) is 10.5. The Labute approximate surface area is 221 Å². The number of halogens is 7. The van der Waals surface area contributed by atoms with E-state index in [1.807, 2.05) is 0 Å². The molecule has 3 N–H and O–H groups in total. The van der Waals surface area contributed by atoms with Gasteiger partial charge < -0.3 is 20.3 Å². The number of carbonyl (C=O) groups excluding carboxylic acids is 2. The molecule has 2 aromatic carbocycles. The Bertz CT molecular complexity index is 1430. The monoisotopic (exact) mass is 573 g/mol. The minimum absolute atomic E-state index is 0.106. The summed E-state index contributed by atoms with van der Waals surface area (Å²) in [6.07, 6.45) is -12.6. The summed E-state index contributed by atoms with van der Waals surface area (Å²) < 4.78 is 105. The minimum atomic E-state index is -6.31. The Morgan fingerprint density at radius 3 is 1.98 bits per heavy atom. The number of anilines is 1. The van der Waals surface area contributed by atoms with Crippen molar-refractivity contribution in [2.24, 2.45) is 5.73 Å². The van der Waals surface area contributed by atoms with Crippen molar-refractivity contribution < 1.29 is 54.9 Å². The molecule has 0 aliphatic carbocycles. The average molecular weight is 573 g/mol. The molecule has 3 rings (SSSR count). The van der Waals surface area contributed by atoms with E-state index in [1.165, 1.54) is 24.3 Å². The van der Waals surface area contributed by atoms with Crippen LogP contribution in [0, 0.1) is 17.1 Å². The van der Waals surface area contributed by atoms with E-state index in [0.717, 1.165) is 14.2 Å². The lowest BCUT2D eigenvalue weighted by Gasteiger charge is -2.36. The zero-order valence-corrected chi connectivity index (χ0v) is 20.4. The minimum Gasteiger partial charge on any atom is -0.466 e. The van der Waals surface area contributed by atoms with Crippen LogP contribution in [0.1, 0.15) is 17.0 Å². The fraction of sp³-hybridized carbons (Fsp3) is 0.240. The molecule has 0 aromatic heterocycles. The van der Waals surface area contributed by atoms with Crippen LogP contribution in [0.4, 0.5) is 36.4 Å². The second-order valence-corrected chi connectivity index (χ2v) is 8.21. The molecule has 1 aliphatic rings. The second-order valence-electron chi connectivity index (χ2n) is 8.21. The third-order valence-electron chi connectivity index (χ3n) is 6.04. The van der Waals surface area contributed by atoms with Crippen molar-refractivity contribution in [3.63, 3.8) is 0 Å². The third kappa shape index (κ3) is 4.70. The topological polar surface area (TPSA) is 126 Å². The largest absolute Gasteiger partial charge is 0.466 e. The zero-order valence-electron chi connectivity index (χ0n) is 20.4. The lowest BCUT2D eigenvalue weighted by Crippen LogP contribution is -2.54. The number of hydrogen-bond donors (Lipinski definition) is 2. The lowest BCUT2D eigenvalue weighted by molar-refractivity contribution is -0.376. The van der Waals surface area contributed by atoms with Crippen molar-refractivity contribution in [3.05, 3.63) is 88.1 Å². The highest BCUT2D eigenvalue weighted by atomic mass is 19.4. The average Bonchev–Trinajstić information content (AvgIpc) is 2.90. The maximum absolute atomic E-state index is 15.4. The molecule has 0 spiro atoms. The highest BCUT2D eigenvalue weighted by Crippen LogP contribution is 2.51. The number of ether oxygens (including phenoxy) is 2. The molecule has 0 fully saturated rings. The molecule has 8 nitrogen and oxygen atoms in total. The molecular weight excluding hydrogens is 555 g/mol. The van der Waals surface area contributed by atoms with Gasteiger partial charge in [0.25, 0.3) is 5.60 Å². The van der Waals surface area contributed by atoms with Gasteiger partial charge in [-0.2, -0.15) is 31.6 Å². The van der Waals surface area contributed by atoms with Gasteiger partial charge in [-0.3, -0.25) is 4.90 Å². The Morgan fingerprint density at radius 1 is 0.975 bits per heavy atom. The number of rotatable bonds is 5. The summed E-state index contributed by atoms with van der Waals surface area (Å²) in [5.74, 6) is -6.45. The standard InChI is InChI=1S/C25H18F7N3O5/c1-39-21(36)18-17(12-6-4-3-5-7-12)14(11-33)20(34)35(19(18)22(37)40-2)16-9-8-13(10-15(16)26)23(38,24(27,28)29)25(30,31)32/h3-10,17,38H,34H2,1-2H3. The summed E-state index contributed by atoms with van der Waals surface area (Å²) in [7, 11) is 1.79.